The number of nitrogens with two attached hydrogens (primary N) is 1. The third-order valence-electron chi connectivity index (χ3n) is 5.44. The van der Waals surface area contributed by atoms with Crippen molar-refractivity contribution in [2.75, 3.05) is 50.0 Å². The molecule has 25 heavy (non-hydrogen) atoms. The minimum Gasteiger partial charge on any atom is -0.384 e. The van der Waals surface area contributed by atoms with E-state index in [4.69, 9.17) is 10.5 Å². The van der Waals surface area contributed by atoms with Crippen molar-refractivity contribution in [2.24, 2.45) is 0 Å². The molecule has 0 bridgehead atoms. The maximum Gasteiger partial charge on any atom is 0.140 e. The van der Waals surface area contributed by atoms with Crippen LogP contribution in [-0.4, -0.2) is 65.3 Å². The lowest BCUT2D eigenvalue weighted by atomic mass is 10.2. The number of aromatic amines is 1. The van der Waals surface area contributed by atoms with Crippen LogP contribution in [-0.2, 0) is 4.74 Å². The van der Waals surface area contributed by atoms with Gasteiger partial charge in [-0.15, -0.1) is 0 Å². The van der Waals surface area contributed by atoms with Gasteiger partial charge in [-0.3, -0.25) is 4.90 Å². The van der Waals surface area contributed by atoms with Crippen molar-refractivity contribution < 1.29 is 4.74 Å². The largest absolute Gasteiger partial charge is 0.384 e. The lowest BCUT2D eigenvalue weighted by molar-refractivity contribution is 0.0209. The molecule has 7 heteroatoms. The highest BCUT2D eigenvalue weighted by Gasteiger charge is 2.30. The first kappa shape index (κ1) is 14.9. The summed E-state index contributed by atoms with van der Waals surface area (Å²) in [4.78, 5) is 17.1. The van der Waals surface area contributed by atoms with Crippen molar-refractivity contribution in [1.82, 2.24) is 19.9 Å². The molecule has 5 heterocycles. The topological polar surface area (TPSA) is 83.3 Å². The molecule has 3 aromatic rings. The number of rotatable bonds is 2. The minimum atomic E-state index is 0.538. The summed E-state index contributed by atoms with van der Waals surface area (Å²) in [7, 11) is 0. The van der Waals surface area contributed by atoms with Crippen molar-refractivity contribution in [1.29, 1.82) is 0 Å². The Bertz CT molecular complexity index is 916. The average molecular weight is 338 g/mol. The highest BCUT2D eigenvalue weighted by atomic mass is 16.5. The zero-order chi connectivity index (χ0) is 16.8. The number of anilines is 2. The number of aromatic nitrogens is 3. The molecular weight excluding hydrogens is 316 g/mol. The first-order chi connectivity index (χ1) is 12.3. The number of morpholine rings is 1. The molecule has 2 aliphatic rings. The first-order valence-electron chi connectivity index (χ1n) is 8.88. The molecule has 0 saturated carbocycles. The van der Waals surface area contributed by atoms with E-state index in [1.807, 2.05) is 12.3 Å². The Kier molecular flexibility index (Phi) is 3.50. The predicted molar refractivity (Wildman–Crippen MR) is 98.8 cm³/mol. The molecule has 0 aliphatic carbocycles. The summed E-state index contributed by atoms with van der Waals surface area (Å²) in [5, 5.41) is 2.25. The molecule has 5 rings (SSSR count). The first-order valence-corrected chi connectivity index (χ1v) is 8.88. The van der Waals surface area contributed by atoms with Crippen LogP contribution in [0.2, 0.25) is 0 Å². The van der Waals surface area contributed by atoms with E-state index in [0.717, 1.165) is 61.3 Å². The summed E-state index contributed by atoms with van der Waals surface area (Å²) in [5.41, 5.74) is 9.03. The van der Waals surface area contributed by atoms with Gasteiger partial charge in [-0.1, -0.05) is 0 Å². The van der Waals surface area contributed by atoms with Crippen LogP contribution in [0.1, 0.15) is 6.42 Å². The third-order valence-corrected chi connectivity index (χ3v) is 5.44. The van der Waals surface area contributed by atoms with E-state index in [1.165, 1.54) is 12.1 Å². The highest BCUT2D eigenvalue weighted by Crippen LogP contribution is 2.35. The zero-order valence-corrected chi connectivity index (χ0v) is 14.1. The second-order valence-corrected chi connectivity index (χ2v) is 6.87. The van der Waals surface area contributed by atoms with Gasteiger partial charge in [0.1, 0.15) is 11.5 Å². The molecule has 0 amide bonds. The zero-order valence-electron chi connectivity index (χ0n) is 14.1. The number of fused-ring (bicyclic) bond motifs is 3. The normalized spacial score (nSPS) is 22.2. The molecule has 1 unspecified atom stereocenters. The summed E-state index contributed by atoms with van der Waals surface area (Å²) >= 11 is 0. The van der Waals surface area contributed by atoms with Gasteiger partial charge in [0.2, 0.25) is 0 Å². The van der Waals surface area contributed by atoms with Crippen molar-refractivity contribution >= 4 is 33.4 Å². The van der Waals surface area contributed by atoms with Crippen LogP contribution < -0.4 is 10.6 Å². The molecule has 0 aromatic carbocycles. The second-order valence-electron chi connectivity index (χ2n) is 6.87. The molecule has 3 N–H and O–H groups in total. The van der Waals surface area contributed by atoms with Crippen molar-refractivity contribution in [3.8, 4) is 0 Å². The van der Waals surface area contributed by atoms with Gasteiger partial charge in [0.05, 0.1) is 30.3 Å². The maximum atomic E-state index is 5.92. The summed E-state index contributed by atoms with van der Waals surface area (Å²) in [6.45, 7) is 5.90. The Morgan fingerprint density at radius 1 is 1.20 bits per heavy atom. The Hall–Kier alpha value is -2.38. The summed E-state index contributed by atoms with van der Waals surface area (Å²) < 4.78 is 5.49. The summed E-state index contributed by atoms with van der Waals surface area (Å²) in [5.74, 6) is 0.538. The second kappa shape index (κ2) is 5.86. The van der Waals surface area contributed by atoms with E-state index in [2.05, 4.69) is 30.8 Å². The van der Waals surface area contributed by atoms with Crippen LogP contribution in [0, 0.1) is 0 Å². The Morgan fingerprint density at radius 2 is 2.08 bits per heavy atom. The van der Waals surface area contributed by atoms with Gasteiger partial charge in [-0.05, 0) is 18.6 Å². The van der Waals surface area contributed by atoms with E-state index in [1.54, 1.807) is 6.20 Å². The fourth-order valence-corrected chi connectivity index (χ4v) is 4.18. The van der Waals surface area contributed by atoms with Crippen LogP contribution in [0.4, 0.5) is 11.5 Å². The number of ether oxygens (including phenoxy) is 1. The number of H-pyrrole nitrogens is 1. The molecular formula is C18H22N6O. The molecule has 2 fully saturated rings. The number of hydrogen-bond acceptors (Lipinski definition) is 6. The monoisotopic (exact) mass is 338 g/mol. The SMILES string of the molecule is Nc1cc2c(cn1)[nH]c1nccc(N3CCC(N4CCOCC4)C3)c12. The van der Waals surface area contributed by atoms with Gasteiger partial charge in [-0.2, -0.15) is 0 Å². The van der Waals surface area contributed by atoms with Gasteiger partial charge >= 0.3 is 0 Å². The standard InChI is InChI=1S/C18H22N6O/c19-16-9-13-14(10-21-16)22-18-17(13)15(1-3-20-18)24-4-2-12(11-24)23-5-7-25-8-6-23/h1,3,9-10,12H,2,4-8,11H2,(H2,19,21)(H,20,22). The smallest absolute Gasteiger partial charge is 0.140 e. The fourth-order valence-electron chi connectivity index (χ4n) is 4.18. The van der Waals surface area contributed by atoms with E-state index < -0.39 is 0 Å². The number of pyridine rings is 2. The van der Waals surface area contributed by atoms with E-state index in [9.17, 15) is 0 Å². The van der Waals surface area contributed by atoms with Crippen LogP contribution in [0.3, 0.4) is 0 Å². The highest BCUT2D eigenvalue weighted by molar-refractivity contribution is 6.12. The van der Waals surface area contributed by atoms with Crippen LogP contribution >= 0.6 is 0 Å². The van der Waals surface area contributed by atoms with E-state index in [-0.39, 0.29) is 0 Å². The summed E-state index contributed by atoms with van der Waals surface area (Å²) in [6, 6.07) is 4.66. The lowest BCUT2D eigenvalue weighted by Crippen LogP contribution is -2.44. The number of nitrogens with one attached hydrogen (secondary N) is 1. The van der Waals surface area contributed by atoms with Gasteiger partial charge in [0, 0.05) is 49.5 Å². The molecule has 0 spiro atoms. The molecule has 3 aromatic heterocycles. The molecule has 0 radical (unpaired) electrons. The third kappa shape index (κ3) is 2.51. The number of nitrogens with zero attached hydrogens (tertiary/aromatic N) is 4. The van der Waals surface area contributed by atoms with Crippen molar-refractivity contribution in [3.63, 3.8) is 0 Å². The van der Waals surface area contributed by atoms with Crippen LogP contribution in [0.25, 0.3) is 21.9 Å². The minimum absolute atomic E-state index is 0.538. The number of nitrogen functional groups attached to an aromatic ring is 1. The van der Waals surface area contributed by atoms with Crippen LogP contribution in [0.5, 0.6) is 0 Å². The Labute approximate surface area is 145 Å². The number of hydrogen-bond donors (Lipinski definition) is 2. The van der Waals surface area contributed by atoms with Crippen LogP contribution in [0.15, 0.2) is 24.5 Å². The molecule has 2 aliphatic heterocycles. The Balaban J connectivity index is 1.52. The molecule has 1 atom stereocenters. The van der Waals surface area contributed by atoms with E-state index in [0.29, 0.717) is 11.9 Å². The van der Waals surface area contributed by atoms with Crippen molar-refractivity contribution in [2.45, 2.75) is 12.5 Å². The maximum absolute atomic E-state index is 5.92. The molecule has 2 saturated heterocycles. The van der Waals surface area contributed by atoms with Gasteiger partial charge < -0.3 is 20.4 Å². The average Bonchev–Trinajstić information content (AvgIpc) is 3.27. The quantitative estimate of drug-likeness (QED) is 0.738. The Morgan fingerprint density at radius 3 is 2.96 bits per heavy atom. The van der Waals surface area contributed by atoms with Gasteiger partial charge in [0.25, 0.3) is 0 Å². The lowest BCUT2D eigenvalue weighted by Gasteiger charge is -2.32. The summed E-state index contributed by atoms with van der Waals surface area (Å²) in [6.07, 6.45) is 4.86. The molecule has 7 nitrogen and oxygen atoms in total. The fraction of sp³-hybridized carbons (Fsp3) is 0.444. The van der Waals surface area contributed by atoms with Gasteiger partial charge in [0.15, 0.2) is 0 Å². The van der Waals surface area contributed by atoms with Gasteiger partial charge in [-0.25, -0.2) is 9.97 Å². The predicted octanol–water partition coefficient (Wildman–Crippen LogP) is 1.60. The molecule has 130 valence electrons. The van der Waals surface area contributed by atoms with Crippen molar-refractivity contribution in [3.05, 3.63) is 24.5 Å². The van der Waals surface area contributed by atoms with E-state index >= 15 is 0 Å².